The van der Waals surface area contributed by atoms with E-state index >= 15 is 0 Å². The van der Waals surface area contributed by atoms with Crippen molar-refractivity contribution in [1.82, 2.24) is 9.80 Å². The van der Waals surface area contributed by atoms with Crippen LogP contribution in [0.2, 0.25) is 0 Å². The van der Waals surface area contributed by atoms with Crippen LogP contribution in [0.4, 0.5) is 5.69 Å². The summed E-state index contributed by atoms with van der Waals surface area (Å²) in [5, 5.41) is 0. The molecule has 8 heteroatoms. The molecule has 7 nitrogen and oxygen atoms in total. The molecule has 2 aliphatic heterocycles. The maximum absolute atomic E-state index is 13.0. The molecule has 0 spiro atoms. The highest BCUT2D eigenvalue weighted by Gasteiger charge is 2.24. The maximum atomic E-state index is 13.0. The molecule has 0 radical (unpaired) electrons. The fraction of sp³-hybridized carbons (Fsp3) is 0.318. The molecule has 0 saturated carbocycles. The number of nitrogens with zero attached hydrogens (tertiary/aromatic N) is 2. The molecule has 1 aromatic rings. The van der Waals surface area contributed by atoms with Crippen molar-refractivity contribution >= 4 is 27.3 Å². The predicted molar refractivity (Wildman–Crippen MR) is 120 cm³/mol. The van der Waals surface area contributed by atoms with Crippen molar-refractivity contribution in [3.05, 3.63) is 71.7 Å². The summed E-state index contributed by atoms with van der Waals surface area (Å²) in [6.07, 6.45) is 9.61. The SMILES string of the molecule is C=C1C=CC(C(=O)N2CCCCC2)=CN1/C(=C(/C)N)c1cccc(NS(C)(=O)=O)c1. The molecule has 30 heavy (non-hydrogen) atoms. The number of benzene rings is 1. The fourth-order valence-corrected chi connectivity index (χ4v) is 4.20. The van der Waals surface area contributed by atoms with Crippen molar-refractivity contribution in [2.45, 2.75) is 26.2 Å². The van der Waals surface area contributed by atoms with Gasteiger partial charge in [0.25, 0.3) is 5.91 Å². The highest BCUT2D eigenvalue weighted by Crippen LogP contribution is 2.31. The van der Waals surface area contributed by atoms with Crippen LogP contribution in [0.3, 0.4) is 0 Å². The van der Waals surface area contributed by atoms with Crippen LogP contribution in [-0.2, 0) is 14.8 Å². The first kappa shape index (κ1) is 21.7. The minimum Gasteiger partial charge on any atom is -0.401 e. The molecule has 1 aromatic carbocycles. The molecule has 0 aliphatic carbocycles. The van der Waals surface area contributed by atoms with Crippen LogP contribution in [0.5, 0.6) is 0 Å². The van der Waals surface area contributed by atoms with Gasteiger partial charge in [0, 0.05) is 41.9 Å². The minimum atomic E-state index is -3.41. The van der Waals surface area contributed by atoms with Gasteiger partial charge < -0.3 is 15.5 Å². The second kappa shape index (κ2) is 8.79. The van der Waals surface area contributed by atoms with E-state index in [4.69, 9.17) is 5.73 Å². The molecular formula is C22H28N4O3S. The number of piperidine rings is 1. The normalized spacial score (nSPS) is 18.1. The molecule has 3 rings (SSSR count). The number of likely N-dealkylation sites (tertiary alicyclic amines) is 1. The number of carbonyl (C=O) groups excluding carboxylic acids is 1. The van der Waals surface area contributed by atoms with Gasteiger partial charge in [-0.05, 0) is 50.5 Å². The minimum absolute atomic E-state index is 0.00929. The number of rotatable bonds is 5. The maximum Gasteiger partial charge on any atom is 0.255 e. The third-order valence-corrected chi connectivity index (χ3v) is 5.58. The Bertz CT molecular complexity index is 1040. The van der Waals surface area contributed by atoms with Gasteiger partial charge in [0.1, 0.15) is 0 Å². The number of hydrogen-bond donors (Lipinski definition) is 2. The van der Waals surface area contributed by atoms with Crippen LogP contribution in [0.15, 0.2) is 66.2 Å². The summed E-state index contributed by atoms with van der Waals surface area (Å²) in [5.41, 5.74) is 9.74. The third kappa shape index (κ3) is 5.13. The number of nitrogens with two attached hydrogens (primary N) is 1. The van der Waals surface area contributed by atoms with E-state index in [-0.39, 0.29) is 5.91 Å². The van der Waals surface area contributed by atoms with Gasteiger partial charge in [-0.25, -0.2) is 8.42 Å². The zero-order valence-electron chi connectivity index (χ0n) is 17.4. The first-order valence-electron chi connectivity index (χ1n) is 9.87. The average molecular weight is 429 g/mol. The Morgan fingerprint density at radius 1 is 1.17 bits per heavy atom. The summed E-state index contributed by atoms with van der Waals surface area (Å²) in [6.45, 7) is 7.38. The third-order valence-electron chi connectivity index (χ3n) is 4.98. The van der Waals surface area contributed by atoms with E-state index in [0.29, 0.717) is 33.9 Å². The molecule has 1 fully saturated rings. The van der Waals surface area contributed by atoms with Crippen LogP contribution >= 0.6 is 0 Å². The summed E-state index contributed by atoms with van der Waals surface area (Å²) < 4.78 is 25.7. The van der Waals surface area contributed by atoms with Gasteiger partial charge in [0.05, 0.1) is 17.5 Å². The Hall–Kier alpha value is -3.00. The van der Waals surface area contributed by atoms with Crippen LogP contribution in [0.1, 0.15) is 31.7 Å². The lowest BCUT2D eigenvalue weighted by atomic mass is 10.0. The van der Waals surface area contributed by atoms with Crippen molar-refractivity contribution in [2.24, 2.45) is 5.73 Å². The Morgan fingerprint density at radius 3 is 2.50 bits per heavy atom. The molecule has 1 amide bonds. The number of nitrogens with one attached hydrogen (secondary N) is 1. The van der Waals surface area contributed by atoms with E-state index in [9.17, 15) is 13.2 Å². The number of hydrogen-bond acceptors (Lipinski definition) is 5. The van der Waals surface area contributed by atoms with E-state index in [1.165, 1.54) is 0 Å². The number of anilines is 1. The second-order valence-electron chi connectivity index (χ2n) is 7.62. The predicted octanol–water partition coefficient (Wildman–Crippen LogP) is 2.99. The first-order valence-corrected chi connectivity index (χ1v) is 11.8. The van der Waals surface area contributed by atoms with Gasteiger partial charge in [-0.2, -0.15) is 0 Å². The van der Waals surface area contributed by atoms with Crippen molar-refractivity contribution in [1.29, 1.82) is 0 Å². The molecule has 0 unspecified atom stereocenters. The lowest BCUT2D eigenvalue weighted by molar-refractivity contribution is -0.127. The zero-order valence-corrected chi connectivity index (χ0v) is 18.2. The van der Waals surface area contributed by atoms with Crippen molar-refractivity contribution in [3.63, 3.8) is 0 Å². The Morgan fingerprint density at radius 2 is 1.87 bits per heavy atom. The molecule has 0 atom stereocenters. The number of allylic oxidation sites excluding steroid dienone is 2. The van der Waals surface area contributed by atoms with Crippen molar-refractivity contribution in [3.8, 4) is 0 Å². The standard InChI is InChI=1S/C22H28N4O3S/c1-16-10-11-19(22(27)25-12-5-4-6-13-25)15-26(16)21(17(2)23)18-8-7-9-20(14-18)24-30(3,28)29/h7-11,14-15,24H,1,4-6,12-13,23H2,2-3H3/b21-17-. The van der Waals surface area contributed by atoms with E-state index < -0.39 is 10.0 Å². The molecule has 160 valence electrons. The van der Waals surface area contributed by atoms with Crippen LogP contribution in [-0.4, -0.2) is 43.5 Å². The second-order valence-corrected chi connectivity index (χ2v) is 9.37. The van der Waals surface area contributed by atoms with Gasteiger partial charge >= 0.3 is 0 Å². The van der Waals surface area contributed by atoms with E-state index in [1.54, 1.807) is 48.4 Å². The van der Waals surface area contributed by atoms with Gasteiger partial charge in [0.15, 0.2) is 0 Å². The van der Waals surface area contributed by atoms with Gasteiger partial charge in [-0.3, -0.25) is 9.52 Å². The monoisotopic (exact) mass is 428 g/mol. The number of sulfonamides is 1. The molecule has 0 aromatic heterocycles. The molecule has 2 aliphatic rings. The molecule has 3 N–H and O–H groups in total. The summed E-state index contributed by atoms with van der Waals surface area (Å²) >= 11 is 0. The van der Waals surface area contributed by atoms with Crippen LogP contribution in [0, 0.1) is 0 Å². The van der Waals surface area contributed by atoms with Gasteiger partial charge in [0.2, 0.25) is 10.0 Å². The summed E-state index contributed by atoms with van der Waals surface area (Å²) in [4.78, 5) is 16.6. The van der Waals surface area contributed by atoms with Crippen molar-refractivity contribution < 1.29 is 13.2 Å². The Labute approximate surface area is 178 Å². The van der Waals surface area contributed by atoms with E-state index in [0.717, 1.165) is 38.6 Å². The smallest absolute Gasteiger partial charge is 0.255 e. The van der Waals surface area contributed by atoms with Crippen molar-refractivity contribution in [2.75, 3.05) is 24.1 Å². The molecule has 2 heterocycles. The Balaban J connectivity index is 1.96. The first-order chi connectivity index (χ1) is 14.2. The molecule has 0 bridgehead atoms. The van der Waals surface area contributed by atoms with E-state index in [2.05, 4.69) is 11.3 Å². The van der Waals surface area contributed by atoms with E-state index in [1.807, 2.05) is 11.0 Å². The zero-order chi connectivity index (χ0) is 21.9. The van der Waals surface area contributed by atoms with Crippen LogP contribution < -0.4 is 10.5 Å². The lowest BCUT2D eigenvalue weighted by Crippen LogP contribution is -2.37. The lowest BCUT2D eigenvalue weighted by Gasteiger charge is -2.31. The highest BCUT2D eigenvalue weighted by molar-refractivity contribution is 7.92. The van der Waals surface area contributed by atoms with Gasteiger partial charge in [-0.1, -0.05) is 18.7 Å². The largest absolute Gasteiger partial charge is 0.401 e. The topological polar surface area (TPSA) is 95.7 Å². The summed E-state index contributed by atoms with van der Waals surface area (Å²) in [7, 11) is -3.41. The summed E-state index contributed by atoms with van der Waals surface area (Å²) in [5.74, 6) is -0.00929. The summed E-state index contributed by atoms with van der Waals surface area (Å²) in [6, 6.07) is 6.96. The van der Waals surface area contributed by atoms with Crippen LogP contribution in [0.25, 0.3) is 5.70 Å². The Kier molecular flexibility index (Phi) is 6.36. The fourth-order valence-electron chi connectivity index (χ4n) is 3.65. The van der Waals surface area contributed by atoms with Gasteiger partial charge in [-0.15, -0.1) is 0 Å². The molecular weight excluding hydrogens is 400 g/mol. The average Bonchev–Trinajstić information content (AvgIpc) is 2.68. The highest BCUT2D eigenvalue weighted by atomic mass is 32.2. The quantitative estimate of drug-likeness (QED) is 0.752. The number of amides is 1. The molecule has 1 saturated heterocycles. The number of carbonyl (C=O) groups is 1.